The smallest absolute Gasteiger partial charge is 0.257 e. The van der Waals surface area contributed by atoms with Gasteiger partial charge in [-0.25, -0.2) is 21.7 Å². The van der Waals surface area contributed by atoms with Gasteiger partial charge in [0.15, 0.2) is 0 Å². The van der Waals surface area contributed by atoms with Crippen LogP contribution in [0.5, 0.6) is 0 Å². The van der Waals surface area contributed by atoms with Crippen molar-refractivity contribution >= 4 is 75.6 Å². The molecule has 2 amide bonds. The number of carbonyl (C=O) groups excluding carboxylic acids is 2. The van der Waals surface area contributed by atoms with Crippen LogP contribution in [-0.4, -0.2) is 84.8 Å². The molecule has 3 aromatic carbocycles. The summed E-state index contributed by atoms with van der Waals surface area (Å²) >= 11 is 0. The normalized spacial score (nSPS) is 13.6. The number of hydrazone groups is 4. The molecule has 0 radical (unpaired) electrons. The molecule has 4 rings (SSSR count). The van der Waals surface area contributed by atoms with Crippen LogP contribution >= 0.6 is 0 Å². The predicted octanol–water partition coefficient (Wildman–Crippen LogP) is 0.856. The summed E-state index contributed by atoms with van der Waals surface area (Å²) in [6, 6.07) is 15.1. The summed E-state index contributed by atoms with van der Waals surface area (Å²) in [6.45, 7) is 8.29. The molecule has 0 saturated carbocycles. The Bertz CT molecular complexity index is 1990. The topological polar surface area (TPSA) is 368 Å². The Hall–Kier alpha value is -7.88. The SMILES string of the molecule is C/C(=N/NC(=N)N)c1cc(NC(=O)c2cccc(C(=O)Nc3cc(/C(C)=N\NC(=N)N)cc(/C(C)=N/NC(=N)N)c3)c2N2CCOCC2)cc(/C(C)=N\NC(=N)N)c1. The zero-order valence-corrected chi connectivity index (χ0v) is 32.3. The van der Waals surface area contributed by atoms with Crippen LogP contribution in [-0.2, 0) is 4.74 Å². The highest BCUT2D eigenvalue weighted by Crippen LogP contribution is 2.30. The molecule has 22 heteroatoms. The molecular formula is C36H47N19O3. The van der Waals surface area contributed by atoms with Crippen molar-refractivity contribution < 1.29 is 14.3 Å². The van der Waals surface area contributed by atoms with Gasteiger partial charge in [0.1, 0.15) is 0 Å². The van der Waals surface area contributed by atoms with E-state index < -0.39 is 11.8 Å². The van der Waals surface area contributed by atoms with Gasteiger partial charge in [0, 0.05) is 46.7 Å². The molecule has 0 atom stereocenters. The second-order valence-corrected chi connectivity index (χ2v) is 12.7. The number of benzene rings is 3. The summed E-state index contributed by atoms with van der Waals surface area (Å²) in [5, 5.41) is 52.4. The van der Waals surface area contributed by atoms with Gasteiger partial charge in [0.25, 0.3) is 11.8 Å². The Balaban J connectivity index is 1.79. The third-order valence-corrected chi connectivity index (χ3v) is 8.28. The van der Waals surface area contributed by atoms with E-state index in [-0.39, 0.29) is 35.0 Å². The van der Waals surface area contributed by atoms with E-state index in [1.807, 2.05) is 4.90 Å². The fraction of sp³-hybridized carbons (Fsp3) is 0.222. The number of hydrogen-bond donors (Lipinski definition) is 14. The number of ether oxygens (including phenoxy) is 1. The van der Waals surface area contributed by atoms with Gasteiger partial charge in [-0.3, -0.25) is 31.2 Å². The van der Waals surface area contributed by atoms with E-state index in [0.29, 0.717) is 88.5 Å². The number of amides is 2. The molecule has 58 heavy (non-hydrogen) atoms. The maximum Gasteiger partial charge on any atom is 0.257 e. The molecule has 3 aromatic rings. The minimum atomic E-state index is -0.522. The van der Waals surface area contributed by atoms with Crippen LogP contribution in [0.1, 0.15) is 70.7 Å². The van der Waals surface area contributed by atoms with Crippen molar-refractivity contribution in [1.82, 2.24) is 21.7 Å². The summed E-state index contributed by atoms with van der Waals surface area (Å²) in [7, 11) is 0. The molecule has 0 unspecified atom stereocenters. The molecule has 1 aliphatic rings. The summed E-state index contributed by atoms with van der Waals surface area (Å²) in [4.78, 5) is 30.5. The van der Waals surface area contributed by atoms with Crippen molar-refractivity contribution in [1.29, 1.82) is 21.6 Å². The van der Waals surface area contributed by atoms with Crippen LogP contribution in [0.4, 0.5) is 17.1 Å². The number of anilines is 3. The molecule has 0 bridgehead atoms. The minimum absolute atomic E-state index is 0.208. The summed E-state index contributed by atoms with van der Waals surface area (Å²) in [6.07, 6.45) is 0. The van der Waals surface area contributed by atoms with Crippen molar-refractivity contribution in [2.75, 3.05) is 41.8 Å². The number of nitrogens with one attached hydrogen (secondary N) is 10. The Morgan fingerprint density at radius 1 is 0.569 bits per heavy atom. The first-order chi connectivity index (χ1) is 27.5. The van der Waals surface area contributed by atoms with Crippen LogP contribution in [0.3, 0.4) is 0 Å². The number of para-hydroxylation sites is 1. The summed E-state index contributed by atoms with van der Waals surface area (Å²) in [5.74, 6) is -2.50. The first kappa shape index (κ1) is 42.9. The second kappa shape index (κ2) is 19.6. The van der Waals surface area contributed by atoms with Gasteiger partial charge < -0.3 is 43.2 Å². The van der Waals surface area contributed by atoms with Crippen molar-refractivity contribution in [3.63, 3.8) is 0 Å². The molecular weight excluding hydrogens is 747 g/mol. The minimum Gasteiger partial charge on any atom is -0.378 e. The van der Waals surface area contributed by atoms with Crippen LogP contribution in [0.2, 0.25) is 0 Å². The highest BCUT2D eigenvalue weighted by molar-refractivity contribution is 6.16. The maximum atomic E-state index is 14.3. The van der Waals surface area contributed by atoms with Crippen LogP contribution in [0.15, 0.2) is 75.0 Å². The van der Waals surface area contributed by atoms with Crippen molar-refractivity contribution in [3.05, 3.63) is 88.0 Å². The Kier molecular flexibility index (Phi) is 14.5. The lowest BCUT2D eigenvalue weighted by atomic mass is 10.0. The van der Waals surface area contributed by atoms with E-state index in [1.54, 1.807) is 82.3 Å². The number of nitrogens with zero attached hydrogens (tertiary/aromatic N) is 5. The summed E-state index contributed by atoms with van der Waals surface area (Å²) in [5.41, 5.74) is 36.8. The average Bonchev–Trinajstić information content (AvgIpc) is 3.19. The highest BCUT2D eigenvalue weighted by Gasteiger charge is 2.26. The number of rotatable bonds is 13. The van der Waals surface area contributed by atoms with Gasteiger partial charge in [-0.15, -0.1) is 0 Å². The zero-order chi connectivity index (χ0) is 42.5. The first-order valence-electron chi connectivity index (χ1n) is 17.5. The van der Waals surface area contributed by atoms with Crippen molar-refractivity contribution in [2.45, 2.75) is 27.7 Å². The van der Waals surface area contributed by atoms with Gasteiger partial charge in [-0.1, -0.05) is 6.07 Å². The van der Waals surface area contributed by atoms with E-state index in [1.165, 1.54) is 0 Å². The number of guanidine groups is 4. The van der Waals surface area contributed by atoms with Gasteiger partial charge in [0.05, 0.1) is 52.9 Å². The predicted molar refractivity (Wildman–Crippen MR) is 227 cm³/mol. The first-order valence-corrected chi connectivity index (χ1v) is 17.5. The third kappa shape index (κ3) is 12.1. The van der Waals surface area contributed by atoms with Gasteiger partial charge >= 0.3 is 0 Å². The molecule has 0 aliphatic carbocycles. The van der Waals surface area contributed by atoms with E-state index >= 15 is 0 Å². The lowest BCUT2D eigenvalue weighted by Crippen LogP contribution is -2.38. The van der Waals surface area contributed by atoms with E-state index in [2.05, 4.69) is 52.7 Å². The maximum absolute atomic E-state index is 14.3. The van der Waals surface area contributed by atoms with Gasteiger partial charge in [-0.2, -0.15) is 20.4 Å². The molecule has 1 heterocycles. The number of nitrogens with two attached hydrogens (primary N) is 4. The largest absolute Gasteiger partial charge is 0.378 e. The molecule has 18 N–H and O–H groups in total. The fourth-order valence-electron chi connectivity index (χ4n) is 5.50. The summed E-state index contributed by atoms with van der Waals surface area (Å²) < 4.78 is 5.60. The number of carbonyl (C=O) groups is 2. The lowest BCUT2D eigenvalue weighted by molar-refractivity contribution is 0.102. The number of hydrogen-bond acceptors (Lipinski definition) is 12. The Labute approximate surface area is 333 Å². The van der Waals surface area contributed by atoms with Crippen LogP contribution in [0, 0.1) is 21.6 Å². The molecule has 1 fully saturated rings. The van der Waals surface area contributed by atoms with Crippen molar-refractivity contribution in [3.8, 4) is 0 Å². The molecule has 1 aliphatic heterocycles. The quantitative estimate of drug-likeness (QED) is 0.0651. The van der Waals surface area contributed by atoms with Gasteiger partial charge in [0.2, 0.25) is 23.8 Å². The van der Waals surface area contributed by atoms with E-state index in [0.717, 1.165) is 0 Å². The highest BCUT2D eigenvalue weighted by atomic mass is 16.5. The monoisotopic (exact) mass is 793 g/mol. The van der Waals surface area contributed by atoms with Crippen molar-refractivity contribution in [2.24, 2.45) is 43.3 Å². The Morgan fingerprint density at radius 3 is 1.17 bits per heavy atom. The van der Waals surface area contributed by atoms with Gasteiger partial charge in [-0.05, 0) is 76.2 Å². The van der Waals surface area contributed by atoms with Crippen LogP contribution < -0.4 is 60.2 Å². The van der Waals surface area contributed by atoms with E-state index in [4.69, 9.17) is 49.3 Å². The van der Waals surface area contributed by atoms with E-state index in [9.17, 15) is 9.59 Å². The molecule has 304 valence electrons. The third-order valence-electron chi connectivity index (χ3n) is 8.28. The standard InChI is InChI=1S/C36H47N19O3/c1-18(47-51-33(37)38)22-12-23(19(2)48-52-34(39)40)15-26(14-22)45-31(56)28-6-5-7-29(30(28)55-8-10-58-11-9-55)32(57)46-27-16-24(20(3)49-53-35(41)42)13-25(17-27)21(4)50-54-36(43)44/h5-7,12-17H,8-11H2,1-4H3,(H,45,56)(H,46,57)(H4,37,38,51)(H4,39,40,52)(H4,41,42,53)(H4,43,44,54)/b47-18-,48-19-,49-20-,50-21+. The number of morpholine rings is 1. The lowest BCUT2D eigenvalue weighted by Gasteiger charge is -2.32. The molecule has 0 spiro atoms. The molecule has 0 aromatic heterocycles. The zero-order valence-electron chi connectivity index (χ0n) is 32.3. The molecule has 22 nitrogen and oxygen atoms in total. The molecule has 1 saturated heterocycles. The fourth-order valence-corrected chi connectivity index (χ4v) is 5.50. The second-order valence-electron chi connectivity index (χ2n) is 12.7. The average molecular weight is 794 g/mol. The Morgan fingerprint density at radius 2 is 0.879 bits per heavy atom. The van der Waals surface area contributed by atoms with Crippen LogP contribution in [0.25, 0.3) is 0 Å².